The Morgan fingerprint density at radius 2 is 0.568 bits per heavy atom. The third-order valence-corrected chi connectivity index (χ3v) is 16.1. The molecule has 0 bridgehead atoms. The van der Waals surface area contributed by atoms with Gasteiger partial charge in [0, 0.05) is 25.7 Å². The summed E-state index contributed by atoms with van der Waals surface area (Å²) < 4.78 is 67.8. The number of phosphoric acid groups is 2. The van der Waals surface area contributed by atoms with Gasteiger partial charge in [-0.25, -0.2) is 9.13 Å². The van der Waals surface area contributed by atoms with Gasteiger partial charge in [-0.3, -0.25) is 37.3 Å². The molecule has 0 fully saturated rings. The zero-order valence-electron chi connectivity index (χ0n) is 52.1. The highest BCUT2D eigenvalue weighted by Gasteiger charge is 2.30. The van der Waals surface area contributed by atoms with Gasteiger partial charge < -0.3 is 33.8 Å². The number of aliphatic hydroxyl groups excluding tert-OH is 1. The van der Waals surface area contributed by atoms with Crippen LogP contribution in [0.1, 0.15) is 305 Å². The first-order valence-electron chi connectivity index (χ1n) is 32.5. The fourth-order valence-electron chi connectivity index (χ4n) is 9.18. The minimum Gasteiger partial charge on any atom is -0.462 e. The average molecular weight is 1200 g/mol. The third-order valence-electron chi connectivity index (χ3n) is 14.2. The molecule has 0 heterocycles. The second-order valence-electron chi connectivity index (χ2n) is 23.4. The molecule has 0 saturated carbocycles. The van der Waals surface area contributed by atoms with Crippen molar-refractivity contribution in [3.63, 3.8) is 0 Å². The lowest BCUT2D eigenvalue weighted by Gasteiger charge is -2.21. The highest BCUT2D eigenvalue weighted by Crippen LogP contribution is 2.45. The van der Waals surface area contributed by atoms with Crippen LogP contribution in [0.4, 0.5) is 0 Å². The summed E-state index contributed by atoms with van der Waals surface area (Å²) in [5.41, 5.74) is 0. The smallest absolute Gasteiger partial charge is 0.462 e. The Bertz CT molecular complexity index is 1600. The molecule has 2 unspecified atom stereocenters. The molecule has 0 amide bonds. The summed E-state index contributed by atoms with van der Waals surface area (Å²) in [5.74, 6) is -0.678. The summed E-state index contributed by atoms with van der Waals surface area (Å²) in [6, 6.07) is 0. The van der Waals surface area contributed by atoms with Crippen LogP contribution in [0, 0.1) is 11.8 Å². The Balaban J connectivity index is 5.18. The van der Waals surface area contributed by atoms with Gasteiger partial charge in [0.2, 0.25) is 0 Å². The lowest BCUT2D eigenvalue weighted by atomic mass is 10.0. The Hall–Kier alpha value is -1.94. The van der Waals surface area contributed by atoms with E-state index in [9.17, 15) is 43.2 Å². The molecule has 0 aliphatic heterocycles. The molecule has 0 aliphatic carbocycles. The van der Waals surface area contributed by atoms with Gasteiger partial charge in [-0.1, -0.05) is 253 Å². The Labute approximate surface area is 492 Å². The minimum atomic E-state index is -4.94. The van der Waals surface area contributed by atoms with Gasteiger partial charge in [0.15, 0.2) is 12.2 Å². The van der Waals surface area contributed by atoms with E-state index in [2.05, 4.69) is 41.5 Å². The largest absolute Gasteiger partial charge is 0.472 e. The number of carbonyl (C=O) groups is 4. The average Bonchev–Trinajstić information content (AvgIpc) is 3.42. The van der Waals surface area contributed by atoms with Crippen LogP contribution in [-0.2, 0) is 65.4 Å². The van der Waals surface area contributed by atoms with E-state index in [1.165, 1.54) is 103 Å². The summed E-state index contributed by atoms with van der Waals surface area (Å²) >= 11 is 0. The van der Waals surface area contributed by atoms with E-state index in [1.54, 1.807) is 0 Å². The van der Waals surface area contributed by atoms with Gasteiger partial charge in [-0.15, -0.1) is 0 Å². The molecule has 17 nitrogen and oxygen atoms in total. The SMILES string of the molecule is CCCCCCCCCCCC(=O)O[C@H](COC(=O)CCCCCCCCC)COP(=O)(O)OC[C@H](O)COP(=O)(O)OC[C@@H](COC(=O)CCCCCCCCC(C)C)OC(=O)CCCCCCCCCCCCCCCC(C)C. The maximum absolute atomic E-state index is 12.9. The van der Waals surface area contributed by atoms with Crippen molar-refractivity contribution in [2.75, 3.05) is 39.6 Å². The molecule has 3 N–H and O–H groups in total. The second-order valence-corrected chi connectivity index (χ2v) is 26.3. The van der Waals surface area contributed by atoms with Crippen molar-refractivity contribution in [1.82, 2.24) is 0 Å². The standard InChI is InChI=1S/C62H120O17P2/c1-7-9-11-13-15-21-26-34-40-46-61(66)78-57(50-72-59(64)44-38-32-24-14-12-10-8-2)52-76-80(68,69)74-48-56(63)49-75-81(70,71)77-53-58(51-73-60(65)45-39-33-29-28-31-37-43-55(5)6)79-62(67)47-41-35-27-23-20-18-16-17-19-22-25-30-36-42-54(3)4/h54-58,63H,7-53H2,1-6H3,(H,68,69)(H,70,71)/t56-,57+,58+/m0/s1. The predicted molar refractivity (Wildman–Crippen MR) is 321 cm³/mol. The molecule has 0 spiro atoms. The van der Waals surface area contributed by atoms with Gasteiger partial charge in [0.05, 0.1) is 26.4 Å². The second kappa shape index (κ2) is 54.7. The number of phosphoric ester groups is 2. The number of hydrogen-bond donors (Lipinski definition) is 3. The van der Waals surface area contributed by atoms with Gasteiger partial charge in [0.25, 0.3) is 0 Å². The van der Waals surface area contributed by atoms with Crippen LogP contribution in [0.2, 0.25) is 0 Å². The number of hydrogen-bond acceptors (Lipinski definition) is 15. The summed E-state index contributed by atoms with van der Waals surface area (Å²) in [4.78, 5) is 71.9. The summed E-state index contributed by atoms with van der Waals surface area (Å²) in [5, 5.41) is 10.5. The number of rotatable bonds is 61. The van der Waals surface area contributed by atoms with Gasteiger partial charge in [0.1, 0.15) is 19.3 Å². The molecule has 0 radical (unpaired) electrons. The van der Waals surface area contributed by atoms with Crippen LogP contribution < -0.4 is 0 Å². The fraction of sp³-hybridized carbons (Fsp3) is 0.935. The number of carbonyl (C=O) groups excluding carboxylic acids is 4. The maximum atomic E-state index is 12.9. The Kier molecular flexibility index (Phi) is 53.4. The molecule has 0 aliphatic rings. The van der Waals surface area contributed by atoms with Crippen LogP contribution in [-0.4, -0.2) is 96.7 Å². The first-order valence-corrected chi connectivity index (χ1v) is 35.5. The third kappa shape index (κ3) is 56.9. The van der Waals surface area contributed by atoms with Gasteiger partial charge >= 0.3 is 39.5 Å². The van der Waals surface area contributed by atoms with E-state index >= 15 is 0 Å². The molecule has 81 heavy (non-hydrogen) atoms. The lowest BCUT2D eigenvalue weighted by molar-refractivity contribution is -0.161. The quantitative estimate of drug-likeness (QED) is 0.0222. The Morgan fingerprint density at radius 1 is 0.333 bits per heavy atom. The molecule has 5 atom stereocenters. The van der Waals surface area contributed by atoms with Gasteiger partial charge in [-0.05, 0) is 37.5 Å². The topological polar surface area (TPSA) is 237 Å². The Morgan fingerprint density at radius 3 is 0.840 bits per heavy atom. The molecule has 0 aromatic carbocycles. The molecular formula is C62H120O17P2. The van der Waals surface area contributed by atoms with Crippen molar-refractivity contribution in [2.24, 2.45) is 11.8 Å². The summed E-state index contributed by atoms with van der Waals surface area (Å²) in [7, 11) is -9.88. The number of aliphatic hydroxyl groups is 1. The number of esters is 4. The molecular weight excluding hydrogens is 1080 g/mol. The first kappa shape index (κ1) is 79.1. The van der Waals surface area contributed by atoms with E-state index in [0.29, 0.717) is 31.6 Å². The molecule has 480 valence electrons. The van der Waals surface area contributed by atoms with Crippen LogP contribution in [0.5, 0.6) is 0 Å². The molecule has 0 aromatic heterocycles. The van der Waals surface area contributed by atoms with E-state index in [0.717, 1.165) is 115 Å². The minimum absolute atomic E-state index is 0.105. The van der Waals surface area contributed by atoms with Crippen LogP contribution in [0.25, 0.3) is 0 Å². The lowest BCUT2D eigenvalue weighted by Crippen LogP contribution is -2.30. The van der Waals surface area contributed by atoms with Crippen molar-refractivity contribution in [1.29, 1.82) is 0 Å². The zero-order chi connectivity index (χ0) is 60.1. The van der Waals surface area contributed by atoms with Gasteiger partial charge in [-0.2, -0.15) is 0 Å². The molecule has 0 aromatic rings. The van der Waals surface area contributed by atoms with Crippen molar-refractivity contribution < 1.29 is 80.2 Å². The summed E-state index contributed by atoms with van der Waals surface area (Å²) in [6.07, 6.45) is 36.5. The first-order chi connectivity index (χ1) is 38.9. The highest BCUT2D eigenvalue weighted by atomic mass is 31.2. The van der Waals surface area contributed by atoms with Crippen molar-refractivity contribution in [3.8, 4) is 0 Å². The van der Waals surface area contributed by atoms with Crippen molar-refractivity contribution in [3.05, 3.63) is 0 Å². The van der Waals surface area contributed by atoms with Crippen LogP contribution >= 0.6 is 15.6 Å². The normalized spacial score (nSPS) is 14.4. The van der Waals surface area contributed by atoms with E-state index in [4.69, 9.17) is 37.0 Å². The number of unbranched alkanes of at least 4 members (excludes halogenated alkanes) is 31. The fourth-order valence-corrected chi connectivity index (χ4v) is 10.8. The molecule has 0 saturated heterocycles. The maximum Gasteiger partial charge on any atom is 0.472 e. The molecule has 19 heteroatoms. The molecule has 0 rings (SSSR count). The van der Waals surface area contributed by atoms with E-state index in [1.807, 2.05) is 0 Å². The van der Waals surface area contributed by atoms with Crippen LogP contribution in [0.3, 0.4) is 0 Å². The van der Waals surface area contributed by atoms with E-state index in [-0.39, 0.29) is 25.7 Å². The van der Waals surface area contributed by atoms with Crippen molar-refractivity contribution >= 4 is 39.5 Å². The highest BCUT2D eigenvalue weighted by molar-refractivity contribution is 7.47. The predicted octanol–water partition coefficient (Wildman–Crippen LogP) is 16.9. The number of ether oxygens (including phenoxy) is 4. The zero-order valence-corrected chi connectivity index (χ0v) is 53.9. The van der Waals surface area contributed by atoms with Crippen LogP contribution in [0.15, 0.2) is 0 Å². The summed E-state index contributed by atoms with van der Waals surface area (Å²) in [6.45, 7) is 9.36. The van der Waals surface area contributed by atoms with Crippen molar-refractivity contribution in [2.45, 2.75) is 323 Å². The van der Waals surface area contributed by atoms with E-state index < -0.39 is 97.5 Å². The monoisotopic (exact) mass is 1200 g/mol.